The number of allylic oxidation sites excluding steroid dienone is 1. The molecule has 0 heterocycles. The standard InChI is InChI=1S/C8H14O2/c1-4-6-7(3)10-8(9)5-2/h4,6-7H,5H2,1-3H3/b6-4+/t7-/m1/s1. The van der Waals surface area contributed by atoms with Gasteiger partial charge in [-0.1, -0.05) is 13.0 Å². The molecular formula is C8H14O2. The van der Waals surface area contributed by atoms with Crippen molar-refractivity contribution in [2.75, 3.05) is 0 Å². The number of carbonyl (C=O) groups is 1. The lowest BCUT2D eigenvalue weighted by molar-refractivity contribution is -0.145. The smallest absolute Gasteiger partial charge is 0.306 e. The number of esters is 1. The van der Waals surface area contributed by atoms with Crippen LogP contribution < -0.4 is 0 Å². The average Bonchev–Trinajstić information content (AvgIpc) is 1.88. The van der Waals surface area contributed by atoms with Crippen LogP contribution in [0.25, 0.3) is 0 Å². The minimum Gasteiger partial charge on any atom is -0.458 e. The highest BCUT2D eigenvalue weighted by Gasteiger charge is 2.01. The Morgan fingerprint density at radius 1 is 1.70 bits per heavy atom. The fourth-order valence-electron chi connectivity index (χ4n) is 0.601. The Bertz CT molecular complexity index is 127. The largest absolute Gasteiger partial charge is 0.458 e. The molecule has 0 N–H and O–H groups in total. The van der Waals surface area contributed by atoms with Gasteiger partial charge in [0.25, 0.3) is 0 Å². The van der Waals surface area contributed by atoms with E-state index in [9.17, 15) is 4.79 Å². The Labute approximate surface area is 61.9 Å². The lowest BCUT2D eigenvalue weighted by Crippen LogP contribution is -2.10. The van der Waals surface area contributed by atoms with E-state index < -0.39 is 0 Å². The molecule has 0 aromatic heterocycles. The summed E-state index contributed by atoms with van der Waals surface area (Å²) in [6, 6.07) is 0. The first-order valence-electron chi connectivity index (χ1n) is 3.53. The molecule has 10 heavy (non-hydrogen) atoms. The van der Waals surface area contributed by atoms with Gasteiger partial charge < -0.3 is 4.74 Å². The summed E-state index contributed by atoms with van der Waals surface area (Å²) in [6.07, 6.45) is 4.07. The van der Waals surface area contributed by atoms with Gasteiger partial charge in [-0.05, 0) is 19.9 Å². The maximum atomic E-state index is 10.6. The van der Waals surface area contributed by atoms with Gasteiger partial charge in [0.15, 0.2) is 0 Å². The van der Waals surface area contributed by atoms with E-state index in [1.165, 1.54) is 0 Å². The Balaban J connectivity index is 3.57. The molecule has 2 nitrogen and oxygen atoms in total. The summed E-state index contributed by atoms with van der Waals surface area (Å²) >= 11 is 0. The molecule has 0 aliphatic carbocycles. The van der Waals surface area contributed by atoms with Crippen LogP contribution in [-0.4, -0.2) is 12.1 Å². The second-order valence-electron chi connectivity index (χ2n) is 2.07. The van der Waals surface area contributed by atoms with Gasteiger partial charge in [0.05, 0.1) is 0 Å². The highest BCUT2D eigenvalue weighted by molar-refractivity contribution is 5.69. The SMILES string of the molecule is C/C=C/[C@@H](C)OC(=O)CC. The first kappa shape index (κ1) is 9.21. The second-order valence-corrected chi connectivity index (χ2v) is 2.07. The van der Waals surface area contributed by atoms with Crippen LogP contribution in [0.1, 0.15) is 27.2 Å². The predicted octanol–water partition coefficient (Wildman–Crippen LogP) is 1.90. The van der Waals surface area contributed by atoms with Gasteiger partial charge in [-0.2, -0.15) is 0 Å². The van der Waals surface area contributed by atoms with Crippen molar-refractivity contribution in [2.45, 2.75) is 33.3 Å². The fourth-order valence-corrected chi connectivity index (χ4v) is 0.601. The van der Waals surface area contributed by atoms with Crippen molar-refractivity contribution in [3.05, 3.63) is 12.2 Å². The van der Waals surface area contributed by atoms with Crippen molar-refractivity contribution < 1.29 is 9.53 Å². The quantitative estimate of drug-likeness (QED) is 0.444. The van der Waals surface area contributed by atoms with Crippen molar-refractivity contribution in [1.29, 1.82) is 0 Å². The maximum Gasteiger partial charge on any atom is 0.306 e. The van der Waals surface area contributed by atoms with E-state index in [1.54, 1.807) is 6.92 Å². The van der Waals surface area contributed by atoms with Crippen molar-refractivity contribution in [2.24, 2.45) is 0 Å². The van der Waals surface area contributed by atoms with Crippen LogP contribution >= 0.6 is 0 Å². The average molecular weight is 142 g/mol. The molecule has 0 unspecified atom stereocenters. The van der Waals surface area contributed by atoms with Gasteiger partial charge in [0.2, 0.25) is 0 Å². The summed E-state index contributed by atoms with van der Waals surface area (Å²) in [5.74, 6) is -0.148. The zero-order chi connectivity index (χ0) is 7.98. The van der Waals surface area contributed by atoms with E-state index in [2.05, 4.69) is 0 Å². The molecule has 0 fully saturated rings. The zero-order valence-electron chi connectivity index (χ0n) is 6.76. The van der Waals surface area contributed by atoms with Gasteiger partial charge in [0.1, 0.15) is 6.10 Å². The first-order chi connectivity index (χ1) is 4.70. The van der Waals surface area contributed by atoms with E-state index in [0.29, 0.717) is 6.42 Å². The van der Waals surface area contributed by atoms with Crippen LogP contribution in [0.2, 0.25) is 0 Å². The first-order valence-corrected chi connectivity index (χ1v) is 3.53. The Kier molecular flexibility index (Phi) is 4.63. The summed E-state index contributed by atoms with van der Waals surface area (Å²) in [4.78, 5) is 10.6. The van der Waals surface area contributed by atoms with Gasteiger partial charge in [-0.15, -0.1) is 0 Å². The summed E-state index contributed by atoms with van der Waals surface area (Å²) in [5, 5.41) is 0. The molecule has 58 valence electrons. The minimum absolute atomic E-state index is 0.0857. The maximum absolute atomic E-state index is 10.6. The minimum atomic E-state index is -0.148. The van der Waals surface area contributed by atoms with Gasteiger partial charge >= 0.3 is 5.97 Å². The van der Waals surface area contributed by atoms with Crippen LogP contribution in [0, 0.1) is 0 Å². The summed E-state index contributed by atoms with van der Waals surface area (Å²) in [6.45, 7) is 5.52. The van der Waals surface area contributed by atoms with Crippen LogP contribution in [0.3, 0.4) is 0 Å². The summed E-state index contributed by atoms with van der Waals surface area (Å²) in [5.41, 5.74) is 0. The molecule has 0 spiro atoms. The van der Waals surface area contributed by atoms with Crippen LogP contribution in [0.4, 0.5) is 0 Å². The molecular weight excluding hydrogens is 128 g/mol. The van der Waals surface area contributed by atoms with Crippen LogP contribution in [-0.2, 0) is 9.53 Å². The molecule has 0 radical (unpaired) electrons. The molecule has 0 aromatic rings. The number of ether oxygens (including phenoxy) is 1. The monoisotopic (exact) mass is 142 g/mol. The van der Waals surface area contributed by atoms with E-state index >= 15 is 0 Å². The molecule has 0 bridgehead atoms. The molecule has 0 aliphatic rings. The van der Waals surface area contributed by atoms with Gasteiger partial charge in [-0.3, -0.25) is 4.79 Å². The molecule has 0 amide bonds. The third-order valence-electron chi connectivity index (χ3n) is 1.07. The highest BCUT2D eigenvalue weighted by atomic mass is 16.5. The number of hydrogen-bond donors (Lipinski definition) is 0. The zero-order valence-corrected chi connectivity index (χ0v) is 6.76. The van der Waals surface area contributed by atoms with E-state index in [1.807, 2.05) is 26.0 Å². The van der Waals surface area contributed by atoms with Crippen molar-refractivity contribution in [3.63, 3.8) is 0 Å². The van der Waals surface area contributed by atoms with Crippen LogP contribution in [0.5, 0.6) is 0 Å². The van der Waals surface area contributed by atoms with Crippen molar-refractivity contribution in [3.8, 4) is 0 Å². The summed E-state index contributed by atoms with van der Waals surface area (Å²) < 4.78 is 4.91. The van der Waals surface area contributed by atoms with Gasteiger partial charge in [0, 0.05) is 6.42 Å². The Morgan fingerprint density at radius 2 is 2.30 bits per heavy atom. The Morgan fingerprint density at radius 3 is 2.70 bits per heavy atom. The summed E-state index contributed by atoms with van der Waals surface area (Å²) in [7, 11) is 0. The molecule has 0 aromatic carbocycles. The molecule has 1 atom stereocenters. The van der Waals surface area contributed by atoms with E-state index in [0.717, 1.165) is 0 Å². The third kappa shape index (κ3) is 4.13. The molecule has 0 saturated heterocycles. The van der Waals surface area contributed by atoms with E-state index in [-0.39, 0.29) is 12.1 Å². The topological polar surface area (TPSA) is 26.3 Å². The third-order valence-corrected chi connectivity index (χ3v) is 1.07. The normalized spacial score (nSPS) is 13.5. The van der Waals surface area contributed by atoms with Crippen molar-refractivity contribution >= 4 is 5.97 Å². The van der Waals surface area contributed by atoms with Gasteiger partial charge in [-0.25, -0.2) is 0 Å². The lowest BCUT2D eigenvalue weighted by Gasteiger charge is -2.06. The number of rotatable bonds is 3. The lowest BCUT2D eigenvalue weighted by atomic mass is 10.3. The van der Waals surface area contributed by atoms with Crippen LogP contribution in [0.15, 0.2) is 12.2 Å². The molecule has 2 heteroatoms. The van der Waals surface area contributed by atoms with Crippen molar-refractivity contribution in [1.82, 2.24) is 0 Å². The molecule has 0 rings (SSSR count). The van der Waals surface area contributed by atoms with E-state index in [4.69, 9.17) is 4.74 Å². The molecule has 0 saturated carbocycles. The number of carbonyl (C=O) groups excluding carboxylic acids is 1. The fraction of sp³-hybridized carbons (Fsp3) is 0.625. The highest BCUT2D eigenvalue weighted by Crippen LogP contribution is 1.95. The second kappa shape index (κ2) is 5.03. The number of hydrogen-bond acceptors (Lipinski definition) is 2. The predicted molar refractivity (Wildman–Crippen MR) is 40.7 cm³/mol. The molecule has 0 aliphatic heterocycles. The Hall–Kier alpha value is -0.790.